The molecule has 0 aromatic heterocycles. The minimum absolute atomic E-state index is 0.00685. The van der Waals surface area contributed by atoms with Crippen LogP contribution in [-0.2, 0) is 14.9 Å². The summed E-state index contributed by atoms with van der Waals surface area (Å²) in [5.41, 5.74) is 0.462. The van der Waals surface area contributed by atoms with Crippen molar-refractivity contribution in [3.05, 3.63) is 12.2 Å². The van der Waals surface area contributed by atoms with Gasteiger partial charge in [-0.05, 0) is 13.3 Å². The fourth-order valence-electron chi connectivity index (χ4n) is 1.90. The number of quaternary nitrogens is 1. The molecule has 0 aliphatic carbocycles. The second-order valence-corrected chi connectivity index (χ2v) is 7.53. The average molecular weight is 323 g/mol. The Hall–Kier alpha value is -0.960. The molecule has 3 N–H and O–H groups in total. The number of rotatable bonds is 10. The van der Waals surface area contributed by atoms with E-state index in [4.69, 9.17) is 4.55 Å². The van der Waals surface area contributed by atoms with Gasteiger partial charge in [0, 0.05) is 18.5 Å². The summed E-state index contributed by atoms with van der Waals surface area (Å²) in [5, 5.41) is 12.5. The Kier molecular flexibility index (Phi) is 8.09. The Balaban J connectivity index is 4.02. The van der Waals surface area contributed by atoms with Crippen LogP contribution in [0.2, 0.25) is 0 Å². The molecule has 8 heteroatoms. The SMILES string of the molecule is C=C(C)C(=O)NCCC[N+](C)(C)CC(O)CCS(=O)(=O)O. The molecule has 0 aromatic rings. The lowest BCUT2D eigenvalue weighted by Gasteiger charge is -2.31. The van der Waals surface area contributed by atoms with Crippen molar-refractivity contribution in [1.82, 2.24) is 5.32 Å². The fourth-order valence-corrected chi connectivity index (χ4v) is 2.47. The van der Waals surface area contributed by atoms with Crippen molar-refractivity contribution in [1.29, 1.82) is 0 Å². The summed E-state index contributed by atoms with van der Waals surface area (Å²) >= 11 is 0. The monoisotopic (exact) mass is 323 g/mol. The van der Waals surface area contributed by atoms with Crippen LogP contribution in [0.1, 0.15) is 19.8 Å². The highest BCUT2D eigenvalue weighted by atomic mass is 32.2. The molecule has 0 fully saturated rings. The molecule has 21 heavy (non-hydrogen) atoms. The van der Waals surface area contributed by atoms with Gasteiger partial charge in [0.2, 0.25) is 5.91 Å². The van der Waals surface area contributed by atoms with Gasteiger partial charge in [0.25, 0.3) is 10.1 Å². The quantitative estimate of drug-likeness (QED) is 0.223. The van der Waals surface area contributed by atoms with Gasteiger partial charge in [0.15, 0.2) is 0 Å². The van der Waals surface area contributed by atoms with Gasteiger partial charge in [0.05, 0.1) is 26.4 Å². The summed E-state index contributed by atoms with van der Waals surface area (Å²) in [7, 11) is -0.208. The lowest BCUT2D eigenvalue weighted by molar-refractivity contribution is -0.893. The number of hydrogen-bond donors (Lipinski definition) is 3. The Morgan fingerprint density at radius 1 is 1.38 bits per heavy atom. The van der Waals surface area contributed by atoms with E-state index in [1.54, 1.807) is 6.92 Å². The van der Waals surface area contributed by atoms with Crippen LogP contribution in [0.5, 0.6) is 0 Å². The Morgan fingerprint density at radius 3 is 2.43 bits per heavy atom. The van der Waals surface area contributed by atoms with Crippen LogP contribution in [0, 0.1) is 0 Å². The van der Waals surface area contributed by atoms with Gasteiger partial charge in [0.1, 0.15) is 12.6 Å². The molecular weight excluding hydrogens is 296 g/mol. The summed E-state index contributed by atoms with van der Waals surface area (Å²) in [5.74, 6) is -0.614. The maximum atomic E-state index is 11.3. The van der Waals surface area contributed by atoms with Gasteiger partial charge < -0.3 is 14.9 Å². The van der Waals surface area contributed by atoms with Crippen molar-refractivity contribution in [3.8, 4) is 0 Å². The van der Waals surface area contributed by atoms with E-state index in [1.165, 1.54) is 0 Å². The Morgan fingerprint density at radius 2 is 1.95 bits per heavy atom. The molecule has 0 saturated carbocycles. The first-order valence-electron chi connectivity index (χ1n) is 6.82. The first kappa shape index (κ1) is 20.0. The molecule has 0 saturated heterocycles. The summed E-state index contributed by atoms with van der Waals surface area (Å²) < 4.78 is 30.4. The van der Waals surface area contributed by atoms with Crippen molar-refractivity contribution in [2.45, 2.75) is 25.9 Å². The molecule has 1 unspecified atom stereocenters. The van der Waals surface area contributed by atoms with Crippen molar-refractivity contribution in [3.63, 3.8) is 0 Å². The van der Waals surface area contributed by atoms with E-state index in [1.807, 2.05) is 14.1 Å². The molecule has 0 aliphatic rings. The number of carbonyl (C=O) groups is 1. The Labute approximate surface area is 127 Å². The largest absolute Gasteiger partial charge is 0.387 e. The van der Waals surface area contributed by atoms with E-state index in [2.05, 4.69) is 11.9 Å². The highest BCUT2D eigenvalue weighted by Crippen LogP contribution is 2.05. The third-order valence-corrected chi connectivity index (χ3v) is 3.78. The lowest BCUT2D eigenvalue weighted by Crippen LogP contribution is -2.47. The van der Waals surface area contributed by atoms with Crippen LogP contribution < -0.4 is 5.32 Å². The van der Waals surface area contributed by atoms with E-state index in [0.29, 0.717) is 23.1 Å². The molecule has 0 aromatic carbocycles. The maximum Gasteiger partial charge on any atom is 0.264 e. The number of nitrogens with one attached hydrogen (secondary N) is 1. The van der Waals surface area contributed by atoms with Gasteiger partial charge in [-0.25, -0.2) is 0 Å². The predicted octanol–water partition coefficient (Wildman–Crippen LogP) is -0.216. The lowest BCUT2D eigenvalue weighted by atomic mass is 10.2. The zero-order valence-electron chi connectivity index (χ0n) is 13.0. The molecule has 1 atom stereocenters. The first-order chi connectivity index (χ1) is 9.43. The smallest absolute Gasteiger partial charge is 0.264 e. The number of hydrogen-bond acceptors (Lipinski definition) is 4. The van der Waals surface area contributed by atoms with Crippen LogP contribution in [0.15, 0.2) is 12.2 Å². The Bertz CT molecular complexity index is 459. The number of nitrogens with zero attached hydrogens (tertiary/aromatic N) is 1. The molecular formula is C13H27N2O5S+. The second-order valence-electron chi connectivity index (χ2n) is 5.96. The first-order valence-corrected chi connectivity index (χ1v) is 8.43. The number of carbonyl (C=O) groups excluding carboxylic acids is 1. The van der Waals surface area contributed by atoms with Gasteiger partial charge in [-0.3, -0.25) is 9.35 Å². The van der Waals surface area contributed by atoms with Gasteiger partial charge in [-0.2, -0.15) is 8.42 Å². The van der Waals surface area contributed by atoms with Crippen molar-refractivity contribution in [2.75, 3.05) is 39.5 Å². The summed E-state index contributed by atoms with van der Waals surface area (Å²) in [6, 6.07) is 0. The summed E-state index contributed by atoms with van der Waals surface area (Å²) in [6.07, 6.45) is -0.0591. The number of likely N-dealkylation sites (N-methyl/N-ethyl adjacent to an activating group) is 1. The standard InChI is InChI=1S/C13H26N2O5S/c1-11(2)13(17)14-7-5-8-15(3,4)10-12(16)6-9-21(18,19)20/h12,16H,1,5-10H2,2-4H3,(H-,14,17,18,19,20)/p+1. The van der Waals surface area contributed by atoms with E-state index in [0.717, 1.165) is 13.0 Å². The van der Waals surface area contributed by atoms with E-state index in [-0.39, 0.29) is 12.3 Å². The molecule has 0 radical (unpaired) electrons. The topological polar surface area (TPSA) is 104 Å². The summed E-state index contributed by atoms with van der Waals surface area (Å²) in [4.78, 5) is 11.3. The van der Waals surface area contributed by atoms with Crippen LogP contribution in [0.25, 0.3) is 0 Å². The summed E-state index contributed by atoms with van der Waals surface area (Å²) in [6.45, 7) is 6.81. The average Bonchev–Trinajstić information content (AvgIpc) is 2.30. The van der Waals surface area contributed by atoms with E-state index < -0.39 is 22.0 Å². The van der Waals surface area contributed by atoms with Crippen LogP contribution in [-0.4, -0.2) is 74.1 Å². The predicted molar refractivity (Wildman–Crippen MR) is 81.3 cm³/mol. The van der Waals surface area contributed by atoms with Crippen molar-refractivity contribution in [2.24, 2.45) is 0 Å². The molecule has 1 amide bonds. The third-order valence-electron chi connectivity index (χ3n) is 3.03. The third kappa shape index (κ3) is 11.4. The normalized spacial score (nSPS) is 13.8. The van der Waals surface area contributed by atoms with Crippen LogP contribution in [0.4, 0.5) is 0 Å². The molecule has 0 rings (SSSR count). The zero-order valence-corrected chi connectivity index (χ0v) is 13.8. The van der Waals surface area contributed by atoms with E-state index >= 15 is 0 Å². The van der Waals surface area contributed by atoms with Crippen LogP contribution >= 0.6 is 0 Å². The van der Waals surface area contributed by atoms with Gasteiger partial charge >= 0.3 is 0 Å². The molecule has 0 aliphatic heterocycles. The minimum atomic E-state index is -4.04. The second kappa shape index (κ2) is 8.47. The molecule has 0 spiro atoms. The van der Waals surface area contributed by atoms with Crippen molar-refractivity contribution >= 4 is 16.0 Å². The zero-order chi connectivity index (χ0) is 16.7. The molecule has 0 bridgehead atoms. The number of aliphatic hydroxyl groups is 1. The fraction of sp³-hybridized carbons (Fsp3) is 0.769. The number of amides is 1. The van der Waals surface area contributed by atoms with Crippen molar-refractivity contribution < 1.29 is 27.4 Å². The highest BCUT2D eigenvalue weighted by Gasteiger charge is 2.21. The van der Waals surface area contributed by atoms with Crippen LogP contribution in [0.3, 0.4) is 0 Å². The molecule has 0 heterocycles. The highest BCUT2D eigenvalue weighted by molar-refractivity contribution is 7.85. The van der Waals surface area contributed by atoms with Gasteiger partial charge in [-0.15, -0.1) is 0 Å². The van der Waals surface area contributed by atoms with Gasteiger partial charge in [-0.1, -0.05) is 6.58 Å². The van der Waals surface area contributed by atoms with E-state index in [9.17, 15) is 18.3 Å². The molecule has 124 valence electrons. The minimum Gasteiger partial charge on any atom is -0.387 e. The maximum absolute atomic E-state index is 11.3. The number of aliphatic hydroxyl groups excluding tert-OH is 1. The molecule has 7 nitrogen and oxygen atoms in total.